The van der Waals surface area contributed by atoms with Gasteiger partial charge in [-0.15, -0.1) is 0 Å². The fourth-order valence-electron chi connectivity index (χ4n) is 1.98. The molecule has 2 aromatic carbocycles. The molecule has 0 amide bonds. The molecule has 106 valence electrons. The van der Waals surface area contributed by atoms with Gasteiger partial charge in [0.25, 0.3) is 0 Å². The zero-order chi connectivity index (χ0) is 14.8. The molecule has 0 aromatic heterocycles. The van der Waals surface area contributed by atoms with Crippen molar-refractivity contribution in [1.82, 2.24) is 0 Å². The van der Waals surface area contributed by atoms with E-state index in [2.05, 4.69) is 5.32 Å². The molecule has 2 rings (SSSR count). The monoisotopic (exact) mass is 293 g/mol. The minimum absolute atomic E-state index is 0.126. The molecule has 0 saturated carbocycles. The summed E-state index contributed by atoms with van der Waals surface area (Å²) in [5, 5.41) is 3.15. The van der Waals surface area contributed by atoms with Gasteiger partial charge in [0, 0.05) is 12.3 Å². The predicted octanol–water partition coefficient (Wildman–Crippen LogP) is 3.40. The Morgan fingerprint density at radius 3 is 2.25 bits per heavy atom. The van der Waals surface area contributed by atoms with Crippen molar-refractivity contribution in [2.45, 2.75) is 17.9 Å². The van der Waals surface area contributed by atoms with Crippen molar-refractivity contribution in [1.29, 1.82) is 0 Å². The predicted molar refractivity (Wildman–Crippen MR) is 78.0 cm³/mol. The highest BCUT2D eigenvalue weighted by Gasteiger charge is 2.14. The number of halogens is 1. The molecule has 0 aliphatic heterocycles. The molecule has 1 unspecified atom stereocenters. The standard InChI is InChI=1S/C15H16FNO2S/c1-11(12-7-9-13(16)10-8-12)17-14-5-3-4-6-15(14)20(2,18)19/h3-11,17H,1-2H3. The maximum Gasteiger partial charge on any atom is 0.177 e. The van der Waals surface area contributed by atoms with Gasteiger partial charge in [-0.25, -0.2) is 12.8 Å². The molecular formula is C15H16FNO2S. The van der Waals surface area contributed by atoms with Crippen LogP contribution >= 0.6 is 0 Å². The smallest absolute Gasteiger partial charge is 0.177 e. The summed E-state index contributed by atoms with van der Waals surface area (Å²) in [5.41, 5.74) is 1.43. The van der Waals surface area contributed by atoms with Crippen molar-refractivity contribution >= 4 is 15.5 Å². The Labute approximate surface area is 118 Å². The topological polar surface area (TPSA) is 46.2 Å². The number of sulfone groups is 1. The van der Waals surface area contributed by atoms with E-state index in [1.54, 1.807) is 36.4 Å². The first-order chi connectivity index (χ1) is 9.38. The Morgan fingerprint density at radius 2 is 1.65 bits per heavy atom. The average Bonchev–Trinajstić information content (AvgIpc) is 2.38. The summed E-state index contributed by atoms with van der Waals surface area (Å²) >= 11 is 0. The van der Waals surface area contributed by atoms with Crippen molar-refractivity contribution < 1.29 is 12.8 Å². The molecule has 0 fully saturated rings. The lowest BCUT2D eigenvalue weighted by Crippen LogP contribution is -2.10. The van der Waals surface area contributed by atoms with E-state index in [-0.39, 0.29) is 16.8 Å². The molecule has 20 heavy (non-hydrogen) atoms. The molecule has 0 aliphatic rings. The van der Waals surface area contributed by atoms with Gasteiger partial charge < -0.3 is 5.32 Å². The second-order valence-electron chi connectivity index (χ2n) is 4.69. The van der Waals surface area contributed by atoms with Crippen LogP contribution in [0.25, 0.3) is 0 Å². The number of hydrogen-bond donors (Lipinski definition) is 1. The average molecular weight is 293 g/mol. The quantitative estimate of drug-likeness (QED) is 0.939. The zero-order valence-corrected chi connectivity index (χ0v) is 12.1. The van der Waals surface area contributed by atoms with Crippen molar-refractivity contribution in [2.24, 2.45) is 0 Å². The van der Waals surface area contributed by atoms with Crippen LogP contribution in [-0.4, -0.2) is 14.7 Å². The molecule has 3 nitrogen and oxygen atoms in total. The summed E-state index contributed by atoms with van der Waals surface area (Å²) in [6.45, 7) is 1.90. The van der Waals surface area contributed by atoms with E-state index in [0.29, 0.717) is 5.69 Å². The Balaban J connectivity index is 2.28. The van der Waals surface area contributed by atoms with E-state index in [9.17, 15) is 12.8 Å². The van der Waals surface area contributed by atoms with Crippen LogP contribution in [0.15, 0.2) is 53.4 Å². The SMILES string of the molecule is CC(Nc1ccccc1S(C)(=O)=O)c1ccc(F)cc1. The van der Waals surface area contributed by atoms with E-state index in [1.165, 1.54) is 18.4 Å². The Morgan fingerprint density at radius 1 is 1.05 bits per heavy atom. The van der Waals surface area contributed by atoms with Crippen molar-refractivity contribution in [2.75, 3.05) is 11.6 Å². The second kappa shape index (κ2) is 5.63. The van der Waals surface area contributed by atoms with Crippen LogP contribution in [0.1, 0.15) is 18.5 Å². The fourth-order valence-corrected chi connectivity index (χ4v) is 2.83. The molecule has 5 heteroatoms. The van der Waals surface area contributed by atoms with Crippen LogP contribution in [0.2, 0.25) is 0 Å². The summed E-state index contributed by atoms with van der Waals surface area (Å²) in [5.74, 6) is -0.294. The van der Waals surface area contributed by atoms with E-state index >= 15 is 0 Å². The molecule has 0 aliphatic carbocycles. The van der Waals surface area contributed by atoms with Gasteiger partial charge in [0.1, 0.15) is 5.82 Å². The molecule has 0 spiro atoms. The van der Waals surface area contributed by atoms with Gasteiger partial charge in [0.05, 0.1) is 10.6 Å². The van der Waals surface area contributed by atoms with Gasteiger partial charge in [-0.05, 0) is 36.8 Å². The summed E-state index contributed by atoms with van der Waals surface area (Å²) in [4.78, 5) is 0.258. The molecule has 0 heterocycles. The Kier molecular flexibility index (Phi) is 4.09. The molecule has 1 N–H and O–H groups in total. The van der Waals surface area contributed by atoms with Crippen molar-refractivity contribution in [3.05, 3.63) is 59.9 Å². The maximum absolute atomic E-state index is 12.9. The number of benzene rings is 2. The van der Waals surface area contributed by atoms with Crippen LogP contribution in [-0.2, 0) is 9.84 Å². The lowest BCUT2D eigenvalue weighted by Gasteiger charge is -2.17. The van der Waals surface area contributed by atoms with Crippen LogP contribution < -0.4 is 5.32 Å². The minimum atomic E-state index is -3.29. The van der Waals surface area contributed by atoms with Gasteiger partial charge in [-0.1, -0.05) is 24.3 Å². The number of anilines is 1. The van der Waals surface area contributed by atoms with Crippen LogP contribution in [0, 0.1) is 5.82 Å². The summed E-state index contributed by atoms with van der Waals surface area (Å²) in [7, 11) is -3.29. The highest BCUT2D eigenvalue weighted by Crippen LogP contribution is 2.25. The highest BCUT2D eigenvalue weighted by molar-refractivity contribution is 7.90. The van der Waals surface area contributed by atoms with Gasteiger partial charge in [0.15, 0.2) is 9.84 Å². The summed E-state index contributed by atoms with van der Waals surface area (Å²) in [6, 6.07) is 12.7. The largest absolute Gasteiger partial charge is 0.377 e. The minimum Gasteiger partial charge on any atom is -0.377 e. The van der Waals surface area contributed by atoms with Gasteiger partial charge in [0.2, 0.25) is 0 Å². The van der Waals surface area contributed by atoms with Gasteiger partial charge in [-0.3, -0.25) is 0 Å². The van der Waals surface area contributed by atoms with Crippen LogP contribution in [0.3, 0.4) is 0 Å². The van der Waals surface area contributed by atoms with E-state index in [0.717, 1.165) is 5.56 Å². The third-order valence-electron chi connectivity index (χ3n) is 3.03. The third kappa shape index (κ3) is 3.36. The van der Waals surface area contributed by atoms with E-state index in [1.807, 2.05) is 6.92 Å². The van der Waals surface area contributed by atoms with Crippen molar-refractivity contribution in [3.63, 3.8) is 0 Å². The number of hydrogen-bond acceptors (Lipinski definition) is 3. The highest BCUT2D eigenvalue weighted by atomic mass is 32.2. The fraction of sp³-hybridized carbons (Fsp3) is 0.200. The zero-order valence-electron chi connectivity index (χ0n) is 11.3. The molecule has 0 saturated heterocycles. The second-order valence-corrected chi connectivity index (χ2v) is 6.67. The first-order valence-electron chi connectivity index (χ1n) is 6.19. The van der Waals surface area contributed by atoms with Crippen molar-refractivity contribution in [3.8, 4) is 0 Å². The van der Waals surface area contributed by atoms with E-state index < -0.39 is 9.84 Å². The lowest BCUT2D eigenvalue weighted by atomic mass is 10.1. The molecular weight excluding hydrogens is 277 g/mol. The normalized spacial score (nSPS) is 12.9. The number of nitrogens with one attached hydrogen (secondary N) is 1. The summed E-state index contributed by atoms with van der Waals surface area (Å²) in [6.07, 6.45) is 1.18. The van der Waals surface area contributed by atoms with Crippen LogP contribution in [0.5, 0.6) is 0 Å². The lowest BCUT2D eigenvalue weighted by molar-refractivity contribution is 0.602. The first kappa shape index (κ1) is 14.5. The van der Waals surface area contributed by atoms with E-state index in [4.69, 9.17) is 0 Å². The Hall–Kier alpha value is -1.88. The first-order valence-corrected chi connectivity index (χ1v) is 8.08. The molecule has 0 radical (unpaired) electrons. The third-order valence-corrected chi connectivity index (χ3v) is 4.18. The number of para-hydroxylation sites is 1. The maximum atomic E-state index is 12.9. The van der Waals surface area contributed by atoms with Crippen LogP contribution in [0.4, 0.5) is 10.1 Å². The molecule has 0 bridgehead atoms. The molecule has 1 atom stereocenters. The van der Waals surface area contributed by atoms with Gasteiger partial charge in [-0.2, -0.15) is 0 Å². The van der Waals surface area contributed by atoms with Gasteiger partial charge >= 0.3 is 0 Å². The molecule has 2 aromatic rings. The number of rotatable bonds is 4. The summed E-state index contributed by atoms with van der Waals surface area (Å²) < 4.78 is 36.4. The Bertz CT molecular complexity index is 696.